The van der Waals surface area contributed by atoms with Crippen molar-refractivity contribution in [1.82, 2.24) is 5.32 Å². The lowest BCUT2D eigenvalue weighted by Crippen LogP contribution is -2.39. The highest BCUT2D eigenvalue weighted by Crippen LogP contribution is 2.32. The molecule has 1 aliphatic rings. The lowest BCUT2D eigenvalue weighted by atomic mass is 9.78. The maximum absolute atomic E-state index is 14.0. The minimum atomic E-state index is -1.40. The first kappa shape index (κ1) is 16.8. The Morgan fingerprint density at radius 3 is 2.09 bits per heavy atom. The third-order valence-corrected chi connectivity index (χ3v) is 4.85. The third kappa shape index (κ3) is 2.85. The van der Waals surface area contributed by atoms with Gasteiger partial charge in [-0.15, -0.1) is 0 Å². The van der Waals surface area contributed by atoms with Crippen molar-refractivity contribution in [3.05, 3.63) is 41.0 Å². The fourth-order valence-electron chi connectivity index (χ4n) is 3.09. The molecular formula is C17H21F4N. The molecule has 0 bridgehead atoms. The summed E-state index contributed by atoms with van der Waals surface area (Å²) in [5.41, 5.74) is -1.52. The van der Waals surface area contributed by atoms with Crippen molar-refractivity contribution >= 4 is 5.70 Å². The van der Waals surface area contributed by atoms with Gasteiger partial charge in [0.2, 0.25) is 0 Å². The molecule has 1 saturated carbocycles. The van der Waals surface area contributed by atoms with E-state index in [0.717, 1.165) is 26.2 Å². The predicted octanol–water partition coefficient (Wildman–Crippen LogP) is 4.94. The molecule has 0 radical (unpaired) electrons. The largest absolute Gasteiger partial charge is 0.382 e. The number of rotatable bonds is 3. The molecule has 0 aliphatic heterocycles. The highest BCUT2D eigenvalue weighted by Gasteiger charge is 2.30. The first-order chi connectivity index (χ1) is 10.3. The summed E-state index contributed by atoms with van der Waals surface area (Å²) in [6.45, 7) is 8.76. The van der Waals surface area contributed by atoms with Crippen LogP contribution in [0.1, 0.15) is 44.2 Å². The number of hydrogen-bond donors (Lipinski definition) is 1. The molecule has 0 spiro atoms. The first-order valence-corrected chi connectivity index (χ1v) is 7.54. The zero-order valence-corrected chi connectivity index (χ0v) is 13.1. The molecule has 0 heterocycles. The maximum Gasteiger partial charge on any atom is 0.171 e. The van der Waals surface area contributed by atoms with Gasteiger partial charge in [0.25, 0.3) is 0 Å². The van der Waals surface area contributed by atoms with E-state index in [4.69, 9.17) is 0 Å². The van der Waals surface area contributed by atoms with Gasteiger partial charge >= 0.3 is 0 Å². The minimum Gasteiger partial charge on any atom is -0.382 e. The standard InChI is InChI=1S/C17H21F4N/c1-8-6-5-7-12(9(8)2)22-11(4)13-16(20)14(18)10(3)15(19)17(13)21/h8-9,12,22H,4-7H2,1-3H3. The molecule has 0 saturated heterocycles. The number of halogens is 4. The van der Waals surface area contributed by atoms with E-state index in [1.54, 1.807) is 0 Å². The van der Waals surface area contributed by atoms with E-state index in [9.17, 15) is 17.6 Å². The SMILES string of the molecule is C=C(NC1CCCC(C)C1C)c1c(F)c(F)c(C)c(F)c1F. The molecule has 3 unspecified atom stereocenters. The van der Waals surface area contributed by atoms with Crippen molar-refractivity contribution in [2.75, 3.05) is 0 Å². The Bertz CT molecular complexity index is 568. The molecule has 1 aromatic carbocycles. The fourth-order valence-corrected chi connectivity index (χ4v) is 3.09. The number of nitrogens with one attached hydrogen (secondary N) is 1. The number of hydrogen-bond acceptors (Lipinski definition) is 1. The Labute approximate surface area is 128 Å². The van der Waals surface area contributed by atoms with E-state index >= 15 is 0 Å². The smallest absolute Gasteiger partial charge is 0.171 e. The Kier molecular flexibility index (Phi) is 4.83. The summed E-state index contributed by atoms with van der Waals surface area (Å²) in [6.07, 6.45) is 2.94. The van der Waals surface area contributed by atoms with E-state index in [1.165, 1.54) is 0 Å². The lowest BCUT2D eigenvalue weighted by Gasteiger charge is -2.35. The highest BCUT2D eigenvalue weighted by atomic mass is 19.2. The van der Waals surface area contributed by atoms with E-state index in [-0.39, 0.29) is 17.7 Å². The second kappa shape index (κ2) is 6.31. The van der Waals surface area contributed by atoms with Crippen molar-refractivity contribution in [1.29, 1.82) is 0 Å². The molecular weight excluding hydrogens is 294 g/mol. The summed E-state index contributed by atoms with van der Waals surface area (Å²) >= 11 is 0. The second-order valence-corrected chi connectivity index (χ2v) is 6.25. The molecule has 0 amide bonds. The second-order valence-electron chi connectivity index (χ2n) is 6.25. The van der Waals surface area contributed by atoms with E-state index in [2.05, 4.69) is 25.7 Å². The zero-order chi connectivity index (χ0) is 16.6. The van der Waals surface area contributed by atoms with Crippen molar-refractivity contribution < 1.29 is 17.6 Å². The molecule has 3 atom stereocenters. The summed E-state index contributed by atoms with van der Waals surface area (Å²) in [7, 11) is 0. The fraction of sp³-hybridized carbons (Fsp3) is 0.529. The van der Waals surface area contributed by atoms with E-state index < -0.39 is 34.4 Å². The molecule has 1 nitrogen and oxygen atoms in total. The molecule has 1 aliphatic carbocycles. The van der Waals surface area contributed by atoms with Crippen molar-refractivity contribution in [3.8, 4) is 0 Å². The van der Waals surface area contributed by atoms with E-state index in [0.29, 0.717) is 5.92 Å². The van der Waals surface area contributed by atoms with Crippen LogP contribution in [0.3, 0.4) is 0 Å². The van der Waals surface area contributed by atoms with Gasteiger partial charge in [-0.1, -0.05) is 33.3 Å². The Balaban J connectivity index is 2.31. The lowest BCUT2D eigenvalue weighted by molar-refractivity contribution is 0.222. The van der Waals surface area contributed by atoms with E-state index in [1.807, 2.05) is 0 Å². The first-order valence-electron chi connectivity index (χ1n) is 7.54. The normalized spacial score (nSPS) is 25.1. The van der Waals surface area contributed by atoms with Crippen LogP contribution < -0.4 is 5.32 Å². The topological polar surface area (TPSA) is 12.0 Å². The molecule has 0 aromatic heterocycles. The quantitative estimate of drug-likeness (QED) is 0.615. The van der Waals surface area contributed by atoms with Gasteiger partial charge in [0.1, 0.15) is 0 Å². The van der Waals surface area contributed by atoms with Crippen LogP contribution in [0, 0.1) is 42.0 Å². The van der Waals surface area contributed by atoms with Crippen LogP contribution in [-0.4, -0.2) is 6.04 Å². The molecule has 122 valence electrons. The van der Waals surface area contributed by atoms with Crippen LogP contribution in [0.15, 0.2) is 6.58 Å². The Morgan fingerprint density at radius 1 is 1.00 bits per heavy atom. The van der Waals surface area contributed by atoms with Crippen molar-refractivity contribution in [2.45, 2.75) is 46.1 Å². The van der Waals surface area contributed by atoms with Crippen LogP contribution in [0.4, 0.5) is 17.6 Å². The summed E-state index contributed by atoms with van der Waals surface area (Å²) in [5, 5.41) is 2.96. The van der Waals surface area contributed by atoms with Crippen LogP contribution >= 0.6 is 0 Å². The highest BCUT2D eigenvalue weighted by molar-refractivity contribution is 5.64. The maximum atomic E-state index is 14.0. The molecule has 22 heavy (non-hydrogen) atoms. The van der Waals surface area contributed by atoms with Crippen LogP contribution in [0.2, 0.25) is 0 Å². The monoisotopic (exact) mass is 315 g/mol. The average molecular weight is 315 g/mol. The molecule has 5 heteroatoms. The van der Waals surface area contributed by atoms with Crippen LogP contribution in [-0.2, 0) is 0 Å². The summed E-state index contributed by atoms with van der Waals surface area (Å²) in [4.78, 5) is 0. The average Bonchev–Trinajstić information content (AvgIpc) is 2.48. The van der Waals surface area contributed by atoms with Gasteiger partial charge in [-0.3, -0.25) is 0 Å². The van der Waals surface area contributed by atoms with Gasteiger partial charge in [-0.25, -0.2) is 17.6 Å². The molecule has 1 aromatic rings. The van der Waals surface area contributed by atoms with Crippen molar-refractivity contribution in [2.24, 2.45) is 11.8 Å². The van der Waals surface area contributed by atoms with Gasteiger partial charge < -0.3 is 5.32 Å². The predicted molar refractivity (Wildman–Crippen MR) is 79.1 cm³/mol. The molecule has 1 fully saturated rings. The molecule has 2 rings (SSSR count). The van der Waals surface area contributed by atoms with Crippen LogP contribution in [0.5, 0.6) is 0 Å². The van der Waals surface area contributed by atoms with Crippen molar-refractivity contribution in [3.63, 3.8) is 0 Å². The summed E-state index contributed by atoms with van der Waals surface area (Å²) in [6, 6.07) is -0.0116. The van der Waals surface area contributed by atoms with Gasteiger partial charge in [0.05, 0.1) is 5.56 Å². The van der Waals surface area contributed by atoms with Gasteiger partial charge in [0, 0.05) is 17.3 Å². The van der Waals surface area contributed by atoms with Gasteiger partial charge in [-0.05, 0) is 25.2 Å². The number of benzene rings is 1. The van der Waals surface area contributed by atoms with Gasteiger partial charge in [-0.2, -0.15) is 0 Å². The summed E-state index contributed by atoms with van der Waals surface area (Å²) in [5.74, 6) is -4.78. The molecule has 1 N–H and O–H groups in total. The Hall–Kier alpha value is -1.52. The zero-order valence-electron chi connectivity index (χ0n) is 13.1. The van der Waals surface area contributed by atoms with Crippen LogP contribution in [0.25, 0.3) is 5.70 Å². The van der Waals surface area contributed by atoms with Gasteiger partial charge in [0.15, 0.2) is 23.3 Å². The minimum absolute atomic E-state index is 0.0116. The summed E-state index contributed by atoms with van der Waals surface area (Å²) < 4.78 is 55.3. The Morgan fingerprint density at radius 2 is 1.55 bits per heavy atom. The third-order valence-electron chi connectivity index (χ3n) is 4.85.